The molecule has 0 rings (SSSR count). The van der Waals surface area contributed by atoms with Gasteiger partial charge in [-0.1, -0.05) is 392 Å². The Kier molecular flexibility index (Phi) is 71.0. The first kappa shape index (κ1) is 81.2. The lowest BCUT2D eigenvalue weighted by atomic mass is 10.0. The predicted octanol–water partition coefficient (Wildman–Crippen LogP) is 26.3. The molecule has 0 aromatic heterocycles. The molecule has 83 heavy (non-hydrogen) atoms. The van der Waals surface area contributed by atoms with E-state index in [0.717, 1.165) is 64.2 Å². The van der Waals surface area contributed by atoms with E-state index in [1.165, 1.54) is 340 Å². The van der Waals surface area contributed by atoms with Gasteiger partial charge in [-0.05, 0) is 44.9 Å². The highest BCUT2D eigenvalue weighted by atomic mass is 16.6. The van der Waals surface area contributed by atoms with Gasteiger partial charge >= 0.3 is 17.9 Å². The number of unbranched alkanes of at least 4 members (excludes halogenated alkanes) is 59. The lowest BCUT2D eigenvalue weighted by Crippen LogP contribution is -2.30. The second kappa shape index (κ2) is 72.6. The van der Waals surface area contributed by atoms with Gasteiger partial charge in [-0.25, -0.2) is 0 Å². The Labute approximate surface area is 520 Å². The first-order chi connectivity index (χ1) is 41.0. The van der Waals surface area contributed by atoms with Crippen LogP contribution in [0.15, 0.2) is 12.2 Å². The van der Waals surface area contributed by atoms with E-state index >= 15 is 0 Å². The molecule has 0 heterocycles. The lowest BCUT2D eigenvalue weighted by Gasteiger charge is -2.18. The molecule has 6 nitrogen and oxygen atoms in total. The van der Waals surface area contributed by atoms with Gasteiger partial charge in [-0.2, -0.15) is 0 Å². The number of hydrogen-bond donors (Lipinski definition) is 0. The van der Waals surface area contributed by atoms with Crippen LogP contribution in [0.2, 0.25) is 0 Å². The van der Waals surface area contributed by atoms with Gasteiger partial charge in [-0.3, -0.25) is 14.4 Å². The fraction of sp³-hybridized carbons (Fsp3) is 0.935. The first-order valence-corrected chi connectivity index (χ1v) is 38.2. The summed E-state index contributed by atoms with van der Waals surface area (Å²) < 4.78 is 17.0. The molecule has 0 fully saturated rings. The molecule has 0 aliphatic heterocycles. The van der Waals surface area contributed by atoms with Gasteiger partial charge < -0.3 is 14.2 Å². The molecular formula is C77H148O6. The monoisotopic (exact) mass is 1170 g/mol. The molecule has 492 valence electrons. The average molecular weight is 1170 g/mol. The SMILES string of the molecule is CCCCC/C=C\CCCCCCCC(=O)OCC(COC(=O)CCCCCCCCCCCCCCCCCCCCCCCCCCCCCCCCCCC)OC(=O)CCCCCCCCCCCCCCCCCCCCCC. The quantitative estimate of drug-likeness (QED) is 0.0261. The third kappa shape index (κ3) is 70.8. The van der Waals surface area contributed by atoms with E-state index in [0.29, 0.717) is 19.3 Å². The van der Waals surface area contributed by atoms with Crippen LogP contribution in [0.4, 0.5) is 0 Å². The van der Waals surface area contributed by atoms with Crippen LogP contribution in [0.3, 0.4) is 0 Å². The summed E-state index contributed by atoms with van der Waals surface area (Å²) in [6.45, 7) is 6.71. The van der Waals surface area contributed by atoms with Crippen molar-refractivity contribution in [1.29, 1.82) is 0 Å². The molecule has 0 aromatic rings. The van der Waals surface area contributed by atoms with Crippen molar-refractivity contribution >= 4 is 17.9 Å². The summed E-state index contributed by atoms with van der Waals surface area (Å²) in [5.74, 6) is -0.839. The zero-order valence-corrected chi connectivity index (χ0v) is 56.8. The molecular weight excluding hydrogens is 1020 g/mol. The number of allylic oxidation sites excluding steroid dienone is 2. The Hall–Kier alpha value is -1.85. The molecule has 0 N–H and O–H groups in total. The van der Waals surface area contributed by atoms with Crippen molar-refractivity contribution in [3.05, 3.63) is 12.2 Å². The van der Waals surface area contributed by atoms with Crippen LogP contribution in [0.1, 0.15) is 445 Å². The van der Waals surface area contributed by atoms with Crippen molar-refractivity contribution in [2.24, 2.45) is 0 Å². The standard InChI is InChI=1S/C77H148O6/c1-4-7-10-13-16-19-22-25-27-29-31-33-34-35-36-37-38-39-40-41-42-43-44-45-47-48-50-52-55-58-61-64-67-70-76(79)82-73-74(72-81-75(78)69-66-63-60-57-54-24-21-18-15-12-9-6-3)83-77(80)71-68-65-62-59-56-53-51-49-46-32-30-28-26-23-20-17-14-11-8-5-2/h18,21,74H,4-17,19-20,22-73H2,1-3H3/b21-18-. The molecule has 1 atom stereocenters. The van der Waals surface area contributed by atoms with Gasteiger partial charge in [-0.15, -0.1) is 0 Å². The van der Waals surface area contributed by atoms with Crippen molar-refractivity contribution in [3.63, 3.8) is 0 Å². The Bertz CT molecular complexity index is 1300. The van der Waals surface area contributed by atoms with Gasteiger partial charge in [0, 0.05) is 19.3 Å². The molecule has 0 bridgehead atoms. The highest BCUT2D eigenvalue weighted by Gasteiger charge is 2.20. The Morgan fingerprint density at radius 2 is 0.398 bits per heavy atom. The van der Waals surface area contributed by atoms with Crippen molar-refractivity contribution in [2.75, 3.05) is 13.2 Å². The van der Waals surface area contributed by atoms with E-state index in [1.807, 2.05) is 0 Å². The van der Waals surface area contributed by atoms with Crippen LogP contribution in [0, 0.1) is 0 Å². The number of hydrogen-bond acceptors (Lipinski definition) is 6. The van der Waals surface area contributed by atoms with E-state index in [1.54, 1.807) is 0 Å². The maximum Gasteiger partial charge on any atom is 0.306 e. The van der Waals surface area contributed by atoms with Crippen molar-refractivity contribution in [2.45, 2.75) is 451 Å². The molecule has 0 aliphatic rings. The van der Waals surface area contributed by atoms with Crippen LogP contribution in [0.5, 0.6) is 0 Å². The van der Waals surface area contributed by atoms with Crippen LogP contribution < -0.4 is 0 Å². The van der Waals surface area contributed by atoms with Gasteiger partial charge in [0.15, 0.2) is 6.10 Å². The van der Waals surface area contributed by atoms with Crippen molar-refractivity contribution in [1.82, 2.24) is 0 Å². The summed E-state index contributed by atoms with van der Waals surface area (Å²) in [7, 11) is 0. The molecule has 6 heteroatoms. The zero-order chi connectivity index (χ0) is 59.9. The number of ether oxygens (including phenoxy) is 3. The third-order valence-corrected chi connectivity index (χ3v) is 17.8. The largest absolute Gasteiger partial charge is 0.462 e. The fourth-order valence-corrected chi connectivity index (χ4v) is 12.0. The fourth-order valence-electron chi connectivity index (χ4n) is 12.0. The zero-order valence-electron chi connectivity index (χ0n) is 56.8. The number of carbonyl (C=O) groups excluding carboxylic acids is 3. The molecule has 0 spiro atoms. The Morgan fingerprint density at radius 3 is 0.627 bits per heavy atom. The minimum absolute atomic E-state index is 0.0657. The van der Waals surface area contributed by atoms with Crippen LogP contribution >= 0.6 is 0 Å². The molecule has 0 aromatic carbocycles. The highest BCUT2D eigenvalue weighted by Crippen LogP contribution is 2.20. The normalized spacial score (nSPS) is 12.0. The minimum Gasteiger partial charge on any atom is -0.462 e. The van der Waals surface area contributed by atoms with Crippen LogP contribution in [0.25, 0.3) is 0 Å². The molecule has 0 radical (unpaired) electrons. The summed E-state index contributed by atoms with van der Waals surface area (Å²) in [6, 6.07) is 0. The van der Waals surface area contributed by atoms with E-state index in [9.17, 15) is 14.4 Å². The number of carbonyl (C=O) groups is 3. The van der Waals surface area contributed by atoms with Gasteiger partial charge in [0.1, 0.15) is 13.2 Å². The first-order valence-electron chi connectivity index (χ1n) is 38.2. The van der Waals surface area contributed by atoms with Gasteiger partial charge in [0.05, 0.1) is 0 Å². The second-order valence-corrected chi connectivity index (χ2v) is 26.3. The van der Waals surface area contributed by atoms with E-state index < -0.39 is 6.10 Å². The van der Waals surface area contributed by atoms with Gasteiger partial charge in [0.2, 0.25) is 0 Å². The van der Waals surface area contributed by atoms with Crippen molar-refractivity contribution in [3.8, 4) is 0 Å². The summed E-state index contributed by atoms with van der Waals surface area (Å²) in [5.41, 5.74) is 0. The van der Waals surface area contributed by atoms with E-state index in [4.69, 9.17) is 14.2 Å². The lowest BCUT2D eigenvalue weighted by molar-refractivity contribution is -0.167. The highest BCUT2D eigenvalue weighted by molar-refractivity contribution is 5.71. The second-order valence-electron chi connectivity index (χ2n) is 26.3. The van der Waals surface area contributed by atoms with Crippen LogP contribution in [-0.4, -0.2) is 37.2 Å². The average Bonchev–Trinajstić information content (AvgIpc) is 3.49. The third-order valence-electron chi connectivity index (χ3n) is 17.8. The molecule has 0 saturated heterocycles. The number of rotatable bonds is 72. The summed E-state index contributed by atoms with van der Waals surface area (Å²) in [5, 5.41) is 0. The summed E-state index contributed by atoms with van der Waals surface area (Å²) in [6.07, 6.45) is 88.5. The van der Waals surface area contributed by atoms with Crippen LogP contribution in [-0.2, 0) is 28.6 Å². The number of esters is 3. The topological polar surface area (TPSA) is 78.9 Å². The summed E-state index contributed by atoms with van der Waals surface area (Å²) >= 11 is 0. The molecule has 0 amide bonds. The molecule has 0 saturated carbocycles. The Morgan fingerprint density at radius 1 is 0.229 bits per heavy atom. The summed E-state index contributed by atoms with van der Waals surface area (Å²) in [4.78, 5) is 38.4. The molecule has 0 aliphatic carbocycles. The predicted molar refractivity (Wildman–Crippen MR) is 363 cm³/mol. The van der Waals surface area contributed by atoms with E-state index in [-0.39, 0.29) is 31.1 Å². The molecule has 1 unspecified atom stereocenters. The van der Waals surface area contributed by atoms with Gasteiger partial charge in [0.25, 0.3) is 0 Å². The Balaban J connectivity index is 4.07. The maximum atomic E-state index is 12.9. The van der Waals surface area contributed by atoms with Crippen molar-refractivity contribution < 1.29 is 28.6 Å². The maximum absolute atomic E-state index is 12.9. The minimum atomic E-state index is -0.770. The van der Waals surface area contributed by atoms with E-state index in [2.05, 4.69) is 32.9 Å². The smallest absolute Gasteiger partial charge is 0.306 e.